The number of hydroxylamine groups is 1. The Morgan fingerprint density at radius 1 is 1.23 bits per heavy atom. The number of fused-ring (bicyclic) bond motifs is 1. The standard InChI is InChI=1S/C19H20N4O3/c24-19(22-25)10-7-14-5-8-16(9-6-14)21-23(26)12-11-15-13-20-18-4-2-1-3-17(15)18/h1-10,15,20H,11-13H2,(H2-,21,22,24,25,26)/p+1. The van der Waals surface area contributed by atoms with Crippen molar-refractivity contribution in [3.63, 3.8) is 0 Å². The minimum Gasteiger partial charge on any atom is -0.384 e. The maximum atomic E-state index is 12.1. The third-order valence-electron chi connectivity index (χ3n) is 4.32. The Balaban J connectivity index is 1.49. The van der Waals surface area contributed by atoms with Gasteiger partial charge in [-0.15, -0.1) is 5.43 Å². The van der Waals surface area contributed by atoms with Crippen LogP contribution in [0.25, 0.3) is 6.08 Å². The molecular weight excluding hydrogens is 332 g/mol. The minimum absolute atomic E-state index is 0.342. The first-order valence-electron chi connectivity index (χ1n) is 8.42. The van der Waals surface area contributed by atoms with Crippen LogP contribution in [-0.4, -0.2) is 29.1 Å². The van der Waals surface area contributed by atoms with Crippen LogP contribution in [0.1, 0.15) is 23.5 Å². The molecule has 1 aliphatic heterocycles. The number of hydrogen-bond donors (Lipinski definition) is 4. The molecule has 4 N–H and O–H groups in total. The molecule has 0 saturated carbocycles. The summed E-state index contributed by atoms with van der Waals surface area (Å²) in [5.41, 5.74) is 8.21. The number of anilines is 2. The first kappa shape index (κ1) is 17.6. The van der Waals surface area contributed by atoms with Crippen LogP contribution >= 0.6 is 0 Å². The van der Waals surface area contributed by atoms with Crippen molar-refractivity contribution < 1.29 is 14.9 Å². The van der Waals surface area contributed by atoms with Crippen LogP contribution in [0.2, 0.25) is 0 Å². The van der Waals surface area contributed by atoms with Crippen LogP contribution in [0.15, 0.2) is 54.6 Å². The van der Waals surface area contributed by atoms with Gasteiger partial charge in [-0.1, -0.05) is 30.3 Å². The highest BCUT2D eigenvalue weighted by Gasteiger charge is 2.24. The van der Waals surface area contributed by atoms with Crippen LogP contribution in [0.5, 0.6) is 0 Å². The second kappa shape index (κ2) is 8.26. The molecule has 1 aliphatic rings. The van der Waals surface area contributed by atoms with Crippen LogP contribution in [0, 0.1) is 4.91 Å². The van der Waals surface area contributed by atoms with E-state index in [1.165, 1.54) is 17.1 Å². The maximum Gasteiger partial charge on any atom is 0.267 e. The smallest absolute Gasteiger partial charge is 0.267 e. The Labute approximate surface area is 151 Å². The van der Waals surface area contributed by atoms with E-state index in [1.807, 2.05) is 12.1 Å². The molecule has 0 bridgehead atoms. The number of hydrogen-bond acceptors (Lipinski definition) is 4. The second-order valence-corrected chi connectivity index (χ2v) is 6.10. The largest absolute Gasteiger partial charge is 0.384 e. The van der Waals surface area contributed by atoms with Crippen LogP contribution < -0.4 is 16.2 Å². The van der Waals surface area contributed by atoms with E-state index in [1.54, 1.807) is 30.3 Å². The summed E-state index contributed by atoms with van der Waals surface area (Å²) in [5, 5.41) is 11.8. The minimum atomic E-state index is -0.596. The van der Waals surface area contributed by atoms with E-state index in [0.717, 1.165) is 29.1 Å². The summed E-state index contributed by atoms with van der Waals surface area (Å²) < 4.78 is 0. The molecule has 2 aromatic rings. The number of amides is 1. The number of nitrogens with one attached hydrogen (secondary N) is 3. The molecule has 0 aliphatic carbocycles. The lowest BCUT2D eigenvalue weighted by Gasteiger charge is -2.06. The average molecular weight is 353 g/mol. The lowest BCUT2D eigenvalue weighted by Crippen LogP contribution is -2.19. The van der Waals surface area contributed by atoms with E-state index in [9.17, 15) is 9.70 Å². The van der Waals surface area contributed by atoms with Crippen LogP contribution in [0.3, 0.4) is 0 Å². The molecule has 0 fully saturated rings. The summed E-state index contributed by atoms with van der Waals surface area (Å²) in [6, 6.07) is 15.2. The molecule has 1 heterocycles. The van der Waals surface area contributed by atoms with Gasteiger partial charge >= 0.3 is 0 Å². The molecule has 0 spiro atoms. The van der Waals surface area contributed by atoms with Crippen molar-refractivity contribution in [2.75, 3.05) is 23.8 Å². The molecule has 2 aromatic carbocycles. The molecule has 0 radical (unpaired) electrons. The summed E-state index contributed by atoms with van der Waals surface area (Å²) >= 11 is 0. The Morgan fingerprint density at radius 2 is 2.00 bits per heavy atom. The molecule has 3 rings (SSSR count). The lowest BCUT2D eigenvalue weighted by molar-refractivity contribution is -0.518. The van der Waals surface area contributed by atoms with E-state index < -0.39 is 5.91 Å². The van der Waals surface area contributed by atoms with E-state index in [-0.39, 0.29) is 0 Å². The van der Waals surface area contributed by atoms with Gasteiger partial charge in [0.05, 0.1) is 4.91 Å². The van der Waals surface area contributed by atoms with Gasteiger partial charge in [0.15, 0.2) is 0 Å². The van der Waals surface area contributed by atoms with Gasteiger partial charge in [0.2, 0.25) is 6.54 Å². The molecule has 7 nitrogen and oxygen atoms in total. The van der Waals surface area contributed by atoms with Gasteiger partial charge in [-0.25, -0.2) is 5.48 Å². The molecular formula is C19H21N4O3+. The number of rotatable bonds is 7. The third kappa shape index (κ3) is 4.46. The first-order chi connectivity index (χ1) is 12.7. The Morgan fingerprint density at radius 3 is 2.77 bits per heavy atom. The normalized spacial score (nSPS) is 15.3. The number of carbonyl (C=O) groups excluding carboxylic acids is 1. The van der Waals surface area contributed by atoms with Crippen molar-refractivity contribution in [2.45, 2.75) is 12.3 Å². The highest BCUT2D eigenvalue weighted by atomic mass is 16.5. The van der Waals surface area contributed by atoms with Crippen molar-refractivity contribution in [1.29, 1.82) is 0 Å². The van der Waals surface area contributed by atoms with Crippen molar-refractivity contribution in [3.05, 3.63) is 70.6 Å². The molecule has 0 saturated heterocycles. The topological polar surface area (TPSA) is 93.5 Å². The first-order valence-corrected chi connectivity index (χ1v) is 8.42. The third-order valence-corrected chi connectivity index (χ3v) is 4.32. The predicted octanol–water partition coefficient (Wildman–Crippen LogP) is 2.91. The van der Waals surface area contributed by atoms with Gasteiger partial charge in [-0.2, -0.15) is 0 Å². The fraction of sp³-hybridized carbons (Fsp3) is 0.211. The van der Waals surface area contributed by atoms with Gasteiger partial charge in [-0.05, 0) is 35.4 Å². The molecule has 1 unspecified atom stereocenters. The summed E-state index contributed by atoms with van der Waals surface area (Å²) in [5.74, 6) is -0.254. The lowest BCUT2D eigenvalue weighted by atomic mass is 9.98. The number of para-hydroxylation sites is 1. The highest BCUT2D eigenvalue weighted by molar-refractivity contribution is 5.90. The molecule has 7 heteroatoms. The van der Waals surface area contributed by atoms with E-state index in [2.05, 4.69) is 22.9 Å². The molecule has 0 aromatic heterocycles. The van der Waals surface area contributed by atoms with Crippen LogP contribution in [-0.2, 0) is 4.79 Å². The summed E-state index contributed by atoms with van der Waals surface area (Å²) in [6.07, 6.45) is 3.54. The number of nitroso groups, excluding NO2 is 1. The summed E-state index contributed by atoms with van der Waals surface area (Å²) in [4.78, 5) is 23.9. The van der Waals surface area contributed by atoms with Gasteiger partial charge in [0.25, 0.3) is 5.91 Å². The van der Waals surface area contributed by atoms with Gasteiger partial charge in [0, 0.05) is 30.6 Å². The highest BCUT2D eigenvalue weighted by Crippen LogP contribution is 2.32. The second-order valence-electron chi connectivity index (χ2n) is 6.10. The summed E-state index contributed by atoms with van der Waals surface area (Å²) in [7, 11) is 0. The van der Waals surface area contributed by atoms with Crippen molar-refractivity contribution in [3.8, 4) is 0 Å². The fourth-order valence-electron chi connectivity index (χ4n) is 2.97. The Hall–Kier alpha value is -3.19. The Kier molecular flexibility index (Phi) is 5.60. The van der Waals surface area contributed by atoms with Crippen molar-refractivity contribution in [1.82, 2.24) is 5.48 Å². The molecule has 134 valence electrons. The quantitative estimate of drug-likeness (QED) is 0.266. The van der Waals surface area contributed by atoms with Crippen molar-refractivity contribution >= 4 is 23.4 Å². The maximum absolute atomic E-state index is 12.1. The Bertz CT molecular complexity index is 818. The number of carbonyl (C=O) groups is 1. The number of hydrazine groups is 1. The van der Waals surface area contributed by atoms with Gasteiger partial charge in [0.1, 0.15) is 10.6 Å². The predicted molar refractivity (Wildman–Crippen MR) is 99.8 cm³/mol. The van der Waals surface area contributed by atoms with E-state index in [0.29, 0.717) is 18.2 Å². The molecule has 1 amide bonds. The van der Waals surface area contributed by atoms with Gasteiger partial charge < -0.3 is 5.32 Å². The number of nitrogens with zero attached hydrogens (tertiary/aromatic N) is 1. The van der Waals surface area contributed by atoms with E-state index in [4.69, 9.17) is 5.21 Å². The zero-order valence-electron chi connectivity index (χ0n) is 14.2. The monoisotopic (exact) mass is 353 g/mol. The van der Waals surface area contributed by atoms with Crippen molar-refractivity contribution in [2.24, 2.45) is 0 Å². The molecule has 1 atom stereocenters. The zero-order chi connectivity index (χ0) is 18.4. The fourth-order valence-corrected chi connectivity index (χ4v) is 2.97. The van der Waals surface area contributed by atoms with E-state index >= 15 is 0 Å². The number of benzene rings is 2. The SMILES string of the molecule is O=C(/C=C/c1ccc(N[N+](=O)CCC2CNc3ccccc32)cc1)NO. The average Bonchev–Trinajstić information content (AvgIpc) is 3.09. The van der Waals surface area contributed by atoms with Gasteiger partial charge in [-0.3, -0.25) is 10.0 Å². The summed E-state index contributed by atoms with van der Waals surface area (Å²) in [6.45, 7) is 1.23. The van der Waals surface area contributed by atoms with Crippen LogP contribution in [0.4, 0.5) is 11.4 Å². The zero-order valence-corrected chi connectivity index (χ0v) is 14.2. The molecule has 26 heavy (non-hydrogen) atoms.